The van der Waals surface area contributed by atoms with E-state index in [9.17, 15) is 4.79 Å². The maximum absolute atomic E-state index is 12.4. The van der Waals surface area contributed by atoms with Gasteiger partial charge in [-0.1, -0.05) is 6.92 Å². The lowest BCUT2D eigenvalue weighted by molar-refractivity contribution is 0.0952. The molecular formula is C16H18O3. The summed E-state index contributed by atoms with van der Waals surface area (Å²) in [7, 11) is 1.63. The van der Waals surface area contributed by atoms with E-state index in [1.165, 1.54) is 0 Å². The van der Waals surface area contributed by atoms with Gasteiger partial charge in [0.15, 0.2) is 17.1 Å². The van der Waals surface area contributed by atoms with Crippen molar-refractivity contribution in [2.45, 2.75) is 33.6 Å². The number of hydrogen-bond donors (Lipinski definition) is 0. The summed E-state index contributed by atoms with van der Waals surface area (Å²) in [6.45, 7) is 6.09. The minimum absolute atomic E-state index is 0.229. The zero-order valence-electron chi connectivity index (χ0n) is 11.8. The molecule has 1 aromatic carbocycles. The van der Waals surface area contributed by atoms with Crippen molar-refractivity contribution in [1.29, 1.82) is 0 Å². The molecule has 1 aliphatic rings. The van der Waals surface area contributed by atoms with Crippen molar-refractivity contribution < 1.29 is 13.9 Å². The Hall–Kier alpha value is -1.77. The molecule has 0 saturated heterocycles. The van der Waals surface area contributed by atoms with Crippen LogP contribution >= 0.6 is 0 Å². The van der Waals surface area contributed by atoms with Crippen molar-refractivity contribution >= 4 is 16.8 Å². The van der Waals surface area contributed by atoms with E-state index in [0.29, 0.717) is 18.1 Å². The minimum atomic E-state index is 0.229. The topological polar surface area (TPSA) is 39.4 Å². The van der Waals surface area contributed by atoms with Gasteiger partial charge in [0.05, 0.1) is 13.4 Å². The highest BCUT2D eigenvalue weighted by atomic mass is 16.5. The van der Waals surface area contributed by atoms with E-state index in [1.807, 2.05) is 13.8 Å². The van der Waals surface area contributed by atoms with Crippen molar-refractivity contribution in [2.75, 3.05) is 7.11 Å². The van der Waals surface area contributed by atoms with Crippen LogP contribution in [0.4, 0.5) is 0 Å². The molecule has 0 aliphatic heterocycles. The first kappa shape index (κ1) is 12.3. The van der Waals surface area contributed by atoms with E-state index in [0.717, 1.165) is 39.6 Å². The molecule has 2 aromatic rings. The zero-order valence-corrected chi connectivity index (χ0v) is 11.8. The Bertz CT molecular complexity index is 679. The van der Waals surface area contributed by atoms with Crippen LogP contribution in [-0.2, 0) is 6.42 Å². The molecule has 0 amide bonds. The summed E-state index contributed by atoms with van der Waals surface area (Å²) in [4.78, 5) is 12.4. The van der Waals surface area contributed by atoms with Crippen LogP contribution in [0.1, 0.15) is 40.4 Å². The molecular weight excluding hydrogens is 240 g/mol. The summed E-state index contributed by atoms with van der Waals surface area (Å²) < 4.78 is 11.1. The van der Waals surface area contributed by atoms with Gasteiger partial charge in [0, 0.05) is 22.9 Å². The lowest BCUT2D eigenvalue weighted by atomic mass is 9.79. The Kier molecular flexibility index (Phi) is 2.66. The first-order valence-electron chi connectivity index (χ1n) is 6.65. The zero-order chi connectivity index (χ0) is 13.7. The second-order valence-corrected chi connectivity index (χ2v) is 5.57. The average Bonchev–Trinajstić information content (AvgIpc) is 2.71. The Morgan fingerprint density at radius 1 is 1.32 bits per heavy atom. The number of carbonyl (C=O) groups is 1. The fraction of sp³-hybridized carbons (Fsp3) is 0.438. The molecule has 100 valence electrons. The van der Waals surface area contributed by atoms with Crippen LogP contribution in [0.2, 0.25) is 0 Å². The van der Waals surface area contributed by atoms with E-state index in [-0.39, 0.29) is 5.78 Å². The maximum Gasteiger partial charge on any atom is 0.176 e. The molecule has 0 N–H and O–H groups in total. The smallest absolute Gasteiger partial charge is 0.176 e. The Morgan fingerprint density at radius 2 is 2.05 bits per heavy atom. The maximum atomic E-state index is 12.4. The summed E-state index contributed by atoms with van der Waals surface area (Å²) in [5.74, 6) is 1.32. The first-order chi connectivity index (χ1) is 9.04. The number of benzene rings is 1. The van der Waals surface area contributed by atoms with Gasteiger partial charge in [-0.05, 0) is 37.3 Å². The van der Waals surface area contributed by atoms with Gasteiger partial charge in [0.25, 0.3) is 0 Å². The van der Waals surface area contributed by atoms with Crippen molar-refractivity contribution in [3.63, 3.8) is 0 Å². The van der Waals surface area contributed by atoms with Crippen LogP contribution < -0.4 is 4.74 Å². The van der Waals surface area contributed by atoms with Crippen LogP contribution in [-0.4, -0.2) is 12.9 Å². The van der Waals surface area contributed by atoms with Crippen molar-refractivity contribution in [1.82, 2.24) is 0 Å². The molecule has 3 heteroatoms. The Labute approximate surface area is 112 Å². The molecule has 3 rings (SSSR count). The average molecular weight is 258 g/mol. The quantitative estimate of drug-likeness (QED) is 0.780. The number of Topliss-reactive ketones (excluding diaryl/α,β-unsaturated/α-hetero) is 1. The summed E-state index contributed by atoms with van der Waals surface area (Å²) in [6, 6.07) is 0. The van der Waals surface area contributed by atoms with Crippen LogP contribution in [0, 0.1) is 19.8 Å². The SMILES string of the molecule is COc1c(C)c2c(c3c(C)coc13)C[C@@H](C)CC2=O. The number of hydrogen-bond acceptors (Lipinski definition) is 3. The van der Waals surface area contributed by atoms with Gasteiger partial charge in [0.2, 0.25) is 0 Å². The molecule has 1 aromatic heterocycles. The van der Waals surface area contributed by atoms with Gasteiger partial charge in [-0.25, -0.2) is 0 Å². The third-order valence-corrected chi connectivity index (χ3v) is 4.07. The van der Waals surface area contributed by atoms with Gasteiger partial charge in [-0.3, -0.25) is 4.79 Å². The molecule has 1 heterocycles. The lowest BCUT2D eigenvalue weighted by Gasteiger charge is -2.24. The Balaban J connectivity index is 2.47. The molecule has 0 fully saturated rings. The number of furan rings is 1. The number of methoxy groups -OCH3 is 1. The van der Waals surface area contributed by atoms with Crippen LogP contribution in [0.5, 0.6) is 5.75 Å². The first-order valence-corrected chi connectivity index (χ1v) is 6.65. The molecule has 0 spiro atoms. The normalized spacial score (nSPS) is 18.7. The summed E-state index contributed by atoms with van der Waals surface area (Å²) in [5.41, 5.74) is 4.76. The van der Waals surface area contributed by atoms with Crippen LogP contribution in [0.3, 0.4) is 0 Å². The lowest BCUT2D eigenvalue weighted by Crippen LogP contribution is -2.20. The van der Waals surface area contributed by atoms with Crippen LogP contribution in [0.15, 0.2) is 10.7 Å². The number of carbonyl (C=O) groups excluding carboxylic acids is 1. The highest BCUT2D eigenvalue weighted by molar-refractivity contribution is 6.07. The molecule has 1 aliphatic carbocycles. The highest BCUT2D eigenvalue weighted by Crippen LogP contribution is 2.42. The van der Waals surface area contributed by atoms with Gasteiger partial charge in [-0.15, -0.1) is 0 Å². The van der Waals surface area contributed by atoms with Crippen LogP contribution in [0.25, 0.3) is 11.0 Å². The van der Waals surface area contributed by atoms with Gasteiger partial charge in [0.1, 0.15) is 0 Å². The van der Waals surface area contributed by atoms with E-state index in [2.05, 4.69) is 6.92 Å². The van der Waals surface area contributed by atoms with Crippen molar-refractivity contribution in [2.24, 2.45) is 5.92 Å². The monoisotopic (exact) mass is 258 g/mol. The van der Waals surface area contributed by atoms with Gasteiger partial charge >= 0.3 is 0 Å². The third-order valence-electron chi connectivity index (χ3n) is 4.07. The third kappa shape index (κ3) is 1.61. The van der Waals surface area contributed by atoms with Crippen molar-refractivity contribution in [3.05, 3.63) is 28.5 Å². The fourth-order valence-corrected chi connectivity index (χ4v) is 3.29. The largest absolute Gasteiger partial charge is 0.493 e. The molecule has 0 unspecified atom stereocenters. The summed E-state index contributed by atoms with van der Waals surface area (Å²) >= 11 is 0. The predicted molar refractivity (Wildman–Crippen MR) is 74.1 cm³/mol. The van der Waals surface area contributed by atoms with Gasteiger partial charge < -0.3 is 9.15 Å². The van der Waals surface area contributed by atoms with E-state index in [4.69, 9.17) is 9.15 Å². The number of rotatable bonds is 1. The number of aryl methyl sites for hydroxylation is 1. The molecule has 1 atom stereocenters. The second kappa shape index (κ2) is 4.12. The standard InChI is InChI=1S/C16H18O3/c1-8-5-11-13-9(2)7-19-16(13)15(18-4)10(3)14(11)12(17)6-8/h7-8H,5-6H2,1-4H3/t8-/m1/s1. The minimum Gasteiger partial charge on any atom is -0.493 e. The molecule has 19 heavy (non-hydrogen) atoms. The van der Waals surface area contributed by atoms with E-state index >= 15 is 0 Å². The number of ketones is 1. The predicted octanol–water partition coefficient (Wildman–Crippen LogP) is 3.82. The van der Waals surface area contributed by atoms with Gasteiger partial charge in [-0.2, -0.15) is 0 Å². The van der Waals surface area contributed by atoms with E-state index in [1.54, 1.807) is 13.4 Å². The molecule has 0 radical (unpaired) electrons. The summed E-state index contributed by atoms with van der Waals surface area (Å²) in [6.07, 6.45) is 3.30. The molecule has 3 nitrogen and oxygen atoms in total. The van der Waals surface area contributed by atoms with Crippen molar-refractivity contribution in [3.8, 4) is 5.75 Å². The molecule has 0 saturated carbocycles. The molecule has 0 bridgehead atoms. The second-order valence-electron chi connectivity index (χ2n) is 5.57. The number of ether oxygens (including phenoxy) is 1. The fourth-order valence-electron chi connectivity index (χ4n) is 3.29. The Morgan fingerprint density at radius 3 is 2.74 bits per heavy atom. The van der Waals surface area contributed by atoms with E-state index < -0.39 is 0 Å². The highest BCUT2D eigenvalue weighted by Gasteiger charge is 2.30. The summed E-state index contributed by atoms with van der Waals surface area (Å²) in [5, 5.41) is 1.07. The number of fused-ring (bicyclic) bond motifs is 3.